The van der Waals surface area contributed by atoms with Crippen molar-refractivity contribution < 1.29 is 4.79 Å². The summed E-state index contributed by atoms with van der Waals surface area (Å²) < 4.78 is 2.10. The van der Waals surface area contributed by atoms with Gasteiger partial charge in [0.15, 0.2) is 6.29 Å². The maximum atomic E-state index is 10.5. The SMILES string of the molecule is CC1CCc2c(C=O)ncn2C1. The predicted octanol–water partition coefficient (Wildman–Crippen LogP) is 1.28. The second kappa shape index (κ2) is 2.73. The first kappa shape index (κ1) is 7.53. The normalized spacial score (nSPS) is 21.9. The Hall–Kier alpha value is -1.12. The van der Waals surface area contributed by atoms with E-state index in [1.54, 1.807) is 6.33 Å². The maximum absolute atomic E-state index is 10.5. The Morgan fingerprint density at radius 1 is 1.75 bits per heavy atom. The molecule has 3 nitrogen and oxygen atoms in total. The van der Waals surface area contributed by atoms with Crippen molar-refractivity contribution in [3.8, 4) is 0 Å². The molecular formula is C9H12N2O. The molecule has 0 spiro atoms. The summed E-state index contributed by atoms with van der Waals surface area (Å²) in [7, 11) is 0. The van der Waals surface area contributed by atoms with E-state index < -0.39 is 0 Å². The van der Waals surface area contributed by atoms with Crippen molar-refractivity contribution in [3.05, 3.63) is 17.7 Å². The van der Waals surface area contributed by atoms with Gasteiger partial charge < -0.3 is 4.57 Å². The van der Waals surface area contributed by atoms with Gasteiger partial charge in [0, 0.05) is 12.2 Å². The van der Waals surface area contributed by atoms with Crippen molar-refractivity contribution in [1.82, 2.24) is 9.55 Å². The van der Waals surface area contributed by atoms with Gasteiger partial charge >= 0.3 is 0 Å². The number of rotatable bonds is 1. The van der Waals surface area contributed by atoms with Crippen molar-refractivity contribution in [1.29, 1.82) is 0 Å². The number of carbonyl (C=O) groups is 1. The molecule has 0 saturated heterocycles. The smallest absolute Gasteiger partial charge is 0.170 e. The maximum Gasteiger partial charge on any atom is 0.170 e. The van der Waals surface area contributed by atoms with Crippen LogP contribution >= 0.6 is 0 Å². The first-order valence-electron chi connectivity index (χ1n) is 4.30. The van der Waals surface area contributed by atoms with E-state index in [1.165, 1.54) is 6.42 Å². The van der Waals surface area contributed by atoms with Gasteiger partial charge in [-0.2, -0.15) is 0 Å². The summed E-state index contributed by atoms with van der Waals surface area (Å²) in [5.74, 6) is 0.714. The Balaban J connectivity index is 2.38. The van der Waals surface area contributed by atoms with Gasteiger partial charge in [-0.25, -0.2) is 4.98 Å². The Morgan fingerprint density at radius 2 is 2.58 bits per heavy atom. The van der Waals surface area contributed by atoms with Crippen molar-refractivity contribution in [2.75, 3.05) is 0 Å². The number of fused-ring (bicyclic) bond motifs is 1. The lowest BCUT2D eigenvalue weighted by Crippen LogP contribution is -2.17. The van der Waals surface area contributed by atoms with Gasteiger partial charge in [-0.05, 0) is 18.8 Å². The molecule has 1 unspecified atom stereocenters. The summed E-state index contributed by atoms with van der Waals surface area (Å²) in [5, 5.41) is 0. The minimum atomic E-state index is 0.627. The van der Waals surface area contributed by atoms with E-state index in [-0.39, 0.29) is 0 Å². The van der Waals surface area contributed by atoms with Crippen LogP contribution in [0.5, 0.6) is 0 Å². The molecule has 2 heterocycles. The Labute approximate surface area is 71.4 Å². The fraction of sp³-hybridized carbons (Fsp3) is 0.556. The average molecular weight is 164 g/mol. The van der Waals surface area contributed by atoms with Gasteiger partial charge in [0.1, 0.15) is 5.69 Å². The lowest BCUT2D eigenvalue weighted by molar-refractivity contribution is 0.111. The molecule has 0 aliphatic carbocycles. The highest BCUT2D eigenvalue weighted by atomic mass is 16.1. The minimum Gasteiger partial charge on any atom is -0.334 e. The molecule has 0 saturated carbocycles. The number of imidazole rings is 1. The fourth-order valence-electron chi connectivity index (χ4n) is 1.76. The summed E-state index contributed by atoms with van der Waals surface area (Å²) in [4.78, 5) is 14.6. The third-order valence-electron chi connectivity index (χ3n) is 2.47. The minimum absolute atomic E-state index is 0.627. The topological polar surface area (TPSA) is 34.9 Å². The van der Waals surface area contributed by atoms with Crippen LogP contribution in [0.4, 0.5) is 0 Å². The van der Waals surface area contributed by atoms with Gasteiger partial charge in [0.2, 0.25) is 0 Å². The van der Waals surface area contributed by atoms with Crippen molar-refractivity contribution in [2.24, 2.45) is 5.92 Å². The van der Waals surface area contributed by atoms with Gasteiger partial charge in [-0.15, -0.1) is 0 Å². The zero-order chi connectivity index (χ0) is 8.55. The Kier molecular flexibility index (Phi) is 1.71. The second-order valence-electron chi connectivity index (χ2n) is 3.49. The molecule has 1 atom stereocenters. The molecule has 1 aromatic heterocycles. The van der Waals surface area contributed by atoms with E-state index in [0.717, 1.165) is 24.9 Å². The van der Waals surface area contributed by atoms with E-state index in [1.807, 2.05) is 0 Å². The lowest BCUT2D eigenvalue weighted by Gasteiger charge is -2.20. The Bertz CT molecular complexity index is 303. The van der Waals surface area contributed by atoms with E-state index >= 15 is 0 Å². The first-order valence-corrected chi connectivity index (χ1v) is 4.30. The molecule has 0 bridgehead atoms. The lowest BCUT2D eigenvalue weighted by atomic mass is 9.99. The van der Waals surface area contributed by atoms with Crippen LogP contribution in [-0.2, 0) is 13.0 Å². The Morgan fingerprint density at radius 3 is 3.33 bits per heavy atom. The van der Waals surface area contributed by atoms with E-state index in [0.29, 0.717) is 11.6 Å². The third-order valence-corrected chi connectivity index (χ3v) is 2.47. The van der Waals surface area contributed by atoms with Crippen molar-refractivity contribution in [2.45, 2.75) is 26.3 Å². The van der Waals surface area contributed by atoms with Gasteiger partial charge in [0.25, 0.3) is 0 Å². The fourth-order valence-corrected chi connectivity index (χ4v) is 1.76. The number of aromatic nitrogens is 2. The van der Waals surface area contributed by atoms with Crippen LogP contribution in [0.1, 0.15) is 29.5 Å². The second-order valence-corrected chi connectivity index (χ2v) is 3.49. The molecule has 0 amide bonds. The summed E-state index contributed by atoms with van der Waals surface area (Å²) in [6.07, 6.45) is 4.79. The zero-order valence-corrected chi connectivity index (χ0v) is 7.16. The molecule has 0 aromatic carbocycles. The summed E-state index contributed by atoms with van der Waals surface area (Å²) in [6, 6.07) is 0. The van der Waals surface area contributed by atoms with Gasteiger partial charge in [0.05, 0.1) is 6.33 Å². The molecule has 12 heavy (non-hydrogen) atoms. The molecule has 0 N–H and O–H groups in total. The molecule has 1 aromatic rings. The number of hydrogen-bond acceptors (Lipinski definition) is 2. The molecule has 1 aliphatic heterocycles. The quantitative estimate of drug-likeness (QED) is 0.586. The van der Waals surface area contributed by atoms with Crippen LogP contribution in [0.25, 0.3) is 0 Å². The van der Waals surface area contributed by atoms with Crippen LogP contribution < -0.4 is 0 Å². The van der Waals surface area contributed by atoms with Crippen LogP contribution in [0.15, 0.2) is 6.33 Å². The largest absolute Gasteiger partial charge is 0.334 e. The molecule has 2 rings (SSSR count). The molecule has 3 heteroatoms. The van der Waals surface area contributed by atoms with Crippen LogP contribution in [-0.4, -0.2) is 15.8 Å². The van der Waals surface area contributed by atoms with Crippen LogP contribution in [0.2, 0.25) is 0 Å². The molecular weight excluding hydrogens is 152 g/mol. The van der Waals surface area contributed by atoms with E-state index in [9.17, 15) is 4.79 Å². The standard InChI is InChI=1S/C9H12N2O/c1-7-2-3-9-8(5-12)10-6-11(9)4-7/h5-7H,2-4H2,1H3. The van der Waals surface area contributed by atoms with Crippen molar-refractivity contribution >= 4 is 6.29 Å². The first-order chi connectivity index (χ1) is 5.81. The summed E-state index contributed by atoms with van der Waals surface area (Å²) >= 11 is 0. The van der Waals surface area contributed by atoms with Gasteiger partial charge in [-0.1, -0.05) is 6.92 Å². The summed E-state index contributed by atoms with van der Waals surface area (Å²) in [6.45, 7) is 3.24. The molecule has 0 fully saturated rings. The highest BCUT2D eigenvalue weighted by Gasteiger charge is 2.17. The highest BCUT2D eigenvalue weighted by molar-refractivity contribution is 5.73. The third kappa shape index (κ3) is 1.05. The molecule has 64 valence electrons. The number of hydrogen-bond donors (Lipinski definition) is 0. The van der Waals surface area contributed by atoms with Crippen LogP contribution in [0, 0.1) is 5.92 Å². The van der Waals surface area contributed by atoms with Gasteiger partial charge in [-0.3, -0.25) is 4.79 Å². The van der Waals surface area contributed by atoms with E-state index in [2.05, 4.69) is 16.5 Å². The highest BCUT2D eigenvalue weighted by Crippen LogP contribution is 2.20. The van der Waals surface area contributed by atoms with Crippen LogP contribution in [0.3, 0.4) is 0 Å². The number of aldehydes is 1. The van der Waals surface area contributed by atoms with E-state index in [4.69, 9.17) is 0 Å². The summed E-state index contributed by atoms with van der Waals surface area (Å²) in [5.41, 5.74) is 1.74. The van der Waals surface area contributed by atoms with Crippen molar-refractivity contribution in [3.63, 3.8) is 0 Å². The molecule has 0 radical (unpaired) electrons. The predicted molar refractivity (Wildman–Crippen MR) is 45.1 cm³/mol. The average Bonchev–Trinajstić information content (AvgIpc) is 2.46. The number of carbonyl (C=O) groups excluding carboxylic acids is 1. The monoisotopic (exact) mass is 164 g/mol. The molecule has 1 aliphatic rings. The zero-order valence-electron chi connectivity index (χ0n) is 7.16. The number of nitrogens with zero attached hydrogens (tertiary/aromatic N) is 2.